The molecular weight excluding hydrogens is 370 g/mol. The quantitative estimate of drug-likeness (QED) is 0.442. The lowest BCUT2D eigenvalue weighted by molar-refractivity contribution is -0.385. The van der Waals surface area contributed by atoms with Gasteiger partial charge in [0.05, 0.1) is 11.5 Å². The number of rotatable bonds is 4. The first-order valence-electron chi connectivity index (χ1n) is 6.52. The third-order valence-corrected chi connectivity index (χ3v) is 4.78. The smallest absolute Gasteiger partial charge is 0.270 e. The fraction of sp³-hybridized carbons (Fsp3) is 0.200. The molecule has 7 heteroatoms. The highest BCUT2D eigenvalue weighted by Crippen LogP contribution is 2.36. The van der Waals surface area contributed by atoms with E-state index in [1.165, 1.54) is 6.07 Å². The monoisotopic (exact) mass is 381 g/mol. The minimum Gasteiger partial charge on any atom is -0.467 e. The maximum Gasteiger partial charge on any atom is 0.270 e. The summed E-state index contributed by atoms with van der Waals surface area (Å²) < 4.78 is 11.8. The van der Waals surface area contributed by atoms with E-state index in [2.05, 4.69) is 15.9 Å². The second-order valence-corrected chi connectivity index (χ2v) is 6.67. The molecule has 0 aromatic heterocycles. The first-order valence-corrected chi connectivity index (χ1v) is 8.30. The molecule has 2 aromatic carbocycles. The van der Waals surface area contributed by atoms with Gasteiger partial charge < -0.3 is 9.47 Å². The van der Waals surface area contributed by atoms with Crippen molar-refractivity contribution in [2.75, 3.05) is 6.79 Å². The maximum absolute atomic E-state index is 11.1. The fourth-order valence-corrected chi connectivity index (χ4v) is 3.31. The van der Waals surface area contributed by atoms with E-state index >= 15 is 0 Å². The molecule has 0 radical (unpaired) electrons. The van der Waals surface area contributed by atoms with Crippen LogP contribution in [0.25, 0.3) is 0 Å². The average Bonchev–Trinajstić information content (AvgIpc) is 2.53. The Bertz CT molecular complexity index is 705. The zero-order valence-corrected chi connectivity index (χ0v) is 13.9. The van der Waals surface area contributed by atoms with Gasteiger partial charge in [-0.2, -0.15) is 0 Å². The summed E-state index contributed by atoms with van der Waals surface area (Å²) in [7, 11) is 0. The molecule has 0 amide bonds. The molecule has 0 saturated heterocycles. The number of fused-ring (bicyclic) bond motifs is 1. The Morgan fingerprint density at radius 1 is 1.27 bits per heavy atom. The lowest BCUT2D eigenvalue weighted by Crippen LogP contribution is -2.13. The molecule has 22 heavy (non-hydrogen) atoms. The predicted molar refractivity (Wildman–Crippen MR) is 87.1 cm³/mol. The van der Waals surface area contributed by atoms with Gasteiger partial charge in [-0.25, -0.2) is 0 Å². The highest BCUT2D eigenvalue weighted by molar-refractivity contribution is 9.10. The number of ether oxygens (including phenoxy) is 2. The van der Waals surface area contributed by atoms with Gasteiger partial charge in [-0.05, 0) is 24.3 Å². The number of non-ortho nitro benzene ring substituents is 1. The van der Waals surface area contributed by atoms with Gasteiger partial charge >= 0.3 is 0 Å². The van der Waals surface area contributed by atoms with Crippen LogP contribution in [0, 0.1) is 10.1 Å². The van der Waals surface area contributed by atoms with Gasteiger partial charge in [0.15, 0.2) is 6.79 Å². The van der Waals surface area contributed by atoms with Gasteiger partial charge in [-0.1, -0.05) is 15.9 Å². The Kier molecular flexibility index (Phi) is 4.66. The van der Waals surface area contributed by atoms with Crippen molar-refractivity contribution < 1.29 is 14.4 Å². The van der Waals surface area contributed by atoms with Crippen molar-refractivity contribution in [2.45, 2.75) is 17.3 Å². The summed E-state index contributed by atoms with van der Waals surface area (Å²) in [5, 5.41) is 11.1. The molecule has 0 spiro atoms. The third-order valence-electron chi connectivity index (χ3n) is 3.19. The van der Waals surface area contributed by atoms with Crippen LogP contribution in [0.5, 0.6) is 5.75 Å². The molecule has 0 unspecified atom stereocenters. The van der Waals surface area contributed by atoms with E-state index in [1.807, 2.05) is 24.3 Å². The summed E-state index contributed by atoms with van der Waals surface area (Å²) >= 11 is 5.01. The van der Waals surface area contributed by atoms with Crippen LogP contribution in [0.15, 0.2) is 45.8 Å². The molecule has 0 fully saturated rings. The normalized spacial score (nSPS) is 13.3. The van der Waals surface area contributed by atoms with E-state index in [0.717, 1.165) is 20.5 Å². The Morgan fingerprint density at radius 2 is 2.05 bits per heavy atom. The molecule has 5 nitrogen and oxygen atoms in total. The second kappa shape index (κ2) is 6.68. The standard InChI is InChI=1S/C15H12BrNO4S/c16-12-1-3-14(4-2-12)22-8-11-6-13(17(18)19)5-10-7-20-9-21-15(10)11/h1-6H,7-9H2. The van der Waals surface area contributed by atoms with Crippen molar-refractivity contribution in [2.24, 2.45) is 0 Å². The number of hydrogen-bond donors (Lipinski definition) is 0. The van der Waals surface area contributed by atoms with Crippen LogP contribution in [0.2, 0.25) is 0 Å². The lowest BCUT2D eigenvalue weighted by Gasteiger charge is -2.20. The number of thioether (sulfide) groups is 1. The molecule has 0 bridgehead atoms. The van der Waals surface area contributed by atoms with Gasteiger partial charge in [-0.15, -0.1) is 11.8 Å². The molecule has 1 heterocycles. The highest BCUT2D eigenvalue weighted by Gasteiger charge is 2.20. The average molecular weight is 382 g/mol. The van der Waals surface area contributed by atoms with Crippen molar-refractivity contribution in [1.82, 2.24) is 0 Å². The third kappa shape index (κ3) is 3.43. The van der Waals surface area contributed by atoms with Crippen LogP contribution in [0.1, 0.15) is 11.1 Å². The summed E-state index contributed by atoms with van der Waals surface area (Å²) in [6, 6.07) is 11.0. The SMILES string of the molecule is O=[N+]([O-])c1cc2c(c(CSc3ccc(Br)cc3)c1)OCOC2. The van der Waals surface area contributed by atoms with E-state index in [9.17, 15) is 10.1 Å². The van der Waals surface area contributed by atoms with Gasteiger partial charge in [0, 0.05) is 38.4 Å². The molecule has 0 atom stereocenters. The Balaban J connectivity index is 1.86. The van der Waals surface area contributed by atoms with Gasteiger partial charge in [-0.3, -0.25) is 10.1 Å². The number of nitrogens with zero attached hydrogens (tertiary/aromatic N) is 1. The first-order chi connectivity index (χ1) is 10.6. The topological polar surface area (TPSA) is 61.6 Å². The van der Waals surface area contributed by atoms with E-state index in [0.29, 0.717) is 18.1 Å². The van der Waals surface area contributed by atoms with Crippen LogP contribution in [-0.2, 0) is 17.1 Å². The van der Waals surface area contributed by atoms with Crippen molar-refractivity contribution >= 4 is 33.4 Å². The Hall–Kier alpha value is -1.57. The molecule has 1 aliphatic rings. The second-order valence-electron chi connectivity index (χ2n) is 4.70. The largest absolute Gasteiger partial charge is 0.467 e. The maximum atomic E-state index is 11.1. The van der Waals surface area contributed by atoms with E-state index in [4.69, 9.17) is 9.47 Å². The highest BCUT2D eigenvalue weighted by atomic mass is 79.9. The summed E-state index contributed by atoms with van der Waals surface area (Å²) in [6.07, 6.45) is 0. The molecule has 0 saturated carbocycles. The molecule has 3 rings (SSSR count). The summed E-state index contributed by atoms with van der Waals surface area (Å²) in [4.78, 5) is 11.8. The molecule has 0 aliphatic carbocycles. The molecule has 1 aliphatic heterocycles. The molecular formula is C15H12BrNO4S. The number of benzene rings is 2. The zero-order valence-electron chi connectivity index (χ0n) is 11.5. The fourth-order valence-electron chi connectivity index (χ4n) is 2.19. The minimum atomic E-state index is -0.386. The Labute approximate surface area is 139 Å². The van der Waals surface area contributed by atoms with Gasteiger partial charge in [0.1, 0.15) is 5.75 Å². The first kappa shape index (κ1) is 15.3. The van der Waals surface area contributed by atoms with Crippen LogP contribution >= 0.6 is 27.7 Å². The van der Waals surface area contributed by atoms with Crippen molar-refractivity contribution in [3.8, 4) is 5.75 Å². The number of nitro groups is 1. The van der Waals surface area contributed by atoms with E-state index < -0.39 is 0 Å². The van der Waals surface area contributed by atoms with E-state index in [-0.39, 0.29) is 17.4 Å². The van der Waals surface area contributed by atoms with Crippen molar-refractivity contribution in [1.29, 1.82) is 0 Å². The van der Waals surface area contributed by atoms with Crippen LogP contribution < -0.4 is 4.74 Å². The van der Waals surface area contributed by atoms with E-state index in [1.54, 1.807) is 17.8 Å². The zero-order chi connectivity index (χ0) is 15.5. The van der Waals surface area contributed by atoms with Crippen molar-refractivity contribution in [3.63, 3.8) is 0 Å². The summed E-state index contributed by atoms with van der Waals surface area (Å²) in [5.41, 5.74) is 1.62. The summed E-state index contributed by atoms with van der Waals surface area (Å²) in [6.45, 7) is 0.522. The summed E-state index contributed by atoms with van der Waals surface area (Å²) in [5.74, 6) is 1.31. The minimum absolute atomic E-state index is 0.0688. The van der Waals surface area contributed by atoms with Crippen molar-refractivity contribution in [3.05, 3.63) is 62.1 Å². The molecule has 114 valence electrons. The Morgan fingerprint density at radius 3 is 2.77 bits per heavy atom. The van der Waals surface area contributed by atoms with Crippen LogP contribution in [-0.4, -0.2) is 11.7 Å². The number of hydrogen-bond acceptors (Lipinski definition) is 5. The lowest BCUT2D eigenvalue weighted by atomic mass is 10.1. The number of nitro benzene ring substituents is 1. The van der Waals surface area contributed by atoms with Crippen LogP contribution in [0.3, 0.4) is 0 Å². The molecule has 2 aromatic rings. The molecule has 0 N–H and O–H groups in total. The van der Waals surface area contributed by atoms with Crippen LogP contribution in [0.4, 0.5) is 5.69 Å². The predicted octanol–water partition coefficient (Wildman–Crippen LogP) is 4.52. The van der Waals surface area contributed by atoms with Gasteiger partial charge in [0.2, 0.25) is 0 Å². The number of halogens is 1. The van der Waals surface area contributed by atoms with Gasteiger partial charge in [0.25, 0.3) is 5.69 Å².